The van der Waals surface area contributed by atoms with Crippen molar-refractivity contribution in [3.05, 3.63) is 52.8 Å². The lowest BCUT2D eigenvalue weighted by Crippen LogP contribution is -2.14. The molecule has 0 fully saturated rings. The number of amides is 1. The molecule has 0 aliphatic carbocycles. The van der Waals surface area contributed by atoms with Crippen LogP contribution in [0.3, 0.4) is 0 Å². The number of pyridine rings is 1. The van der Waals surface area contributed by atoms with Gasteiger partial charge in [-0.05, 0) is 37.1 Å². The highest BCUT2D eigenvalue weighted by atomic mass is 35.5. The second kappa shape index (κ2) is 8.50. The predicted molar refractivity (Wildman–Crippen MR) is 93.4 cm³/mol. The Kier molecular flexibility index (Phi) is 6.38. The highest BCUT2D eigenvalue weighted by Crippen LogP contribution is 2.21. The van der Waals surface area contributed by atoms with Gasteiger partial charge in [0.05, 0.1) is 11.3 Å². The summed E-state index contributed by atoms with van der Waals surface area (Å²) in [5, 5.41) is 6.66. The number of benzene rings is 1. The summed E-state index contributed by atoms with van der Waals surface area (Å²) in [7, 11) is 1.67. The molecule has 2 N–H and O–H groups in total. The number of methoxy groups -OCH3 is 1. The van der Waals surface area contributed by atoms with Crippen molar-refractivity contribution in [2.45, 2.75) is 13.3 Å². The quantitative estimate of drug-likeness (QED) is 0.758. The number of aromatic nitrogens is 1. The van der Waals surface area contributed by atoms with Crippen LogP contribution in [0.15, 0.2) is 36.7 Å². The highest BCUT2D eigenvalue weighted by molar-refractivity contribution is 6.31. The van der Waals surface area contributed by atoms with Crippen LogP contribution in [0.2, 0.25) is 5.02 Å². The molecule has 1 heterocycles. The molecule has 0 unspecified atom stereocenters. The number of carbonyl (C=O) groups excluding carboxylic acids is 1. The second-order valence-corrected chi connectivity index (χ2v) is 5.59. The fourth-order valence-electron chi connectivity index (χ4n) is 2.03. The number of nitrogens with one attached hydrogen (secondary N) is 2. The van der Waals surface area contributed by atoms with Crippen LogP contribution in [0.25, 0.3) is 0 Å². The van der Waals surface area contributed by atoms with Crippen molar-refractivity contribution in [3.8, 4) is 0 Å². The Labute approximate surface area is 141 Å². The molecule has 0 aliphatic rings. The van der Waals surface area contributed by atoms with Crippen LogP contribution in [0.5, 0.6) is 0 Å². The number of aryl methyl sites for hydroxylation is 1. The van der Waals surface area contributed by atoms with Crippen molar-refractivity contribution in [1.82, 2.24) is 4.98 Å². The molecule has 6 heteroatoms. The lowest BCUT2D eigenvalue weighted by molar-refractivity contribution is 0.102. The van der Waals surface area contributed by atoms with Gasteiger partial charge in [0.15, 0.2) is 0 Å². The molecule has 2 rings (SSSR count). The van der Waals surface area contributed by atoms with E-state index in [4.69, 9.17) is 16.3 Å². The SMILES string of the molecule is COCCCNc1cncc(C(=O)Nc2cc(Cl)ccc2C)c1. The van der Waals surface area contributed by atoms with Crippen molar-refractivity contribution < 1.29 is 9.53 Å². The van der Waals surface area contributed by atoms with Crippen LogP contribution in [0.1, 0.15) is 22.3 Å². The van der Waals surface area contributed by atoms with Crippen LogP contribution in [-0.4, -0.2) is 31.2 Å². The smallest absolute Gasteiger partial charge is 0.257 e. The van der Waals surface area contributed by atoms with Gasteiger partial charge in [0.25, 0.3) is 5.91 Å². The van der Waals surface area contributed by atoms with Crippen molar-refractivity contribution >= 4 is 28.9 Å². The summed E-state index contributed by atoms with van der Waals surface area (Å²) < 4.78 is 5.00. The molecule has 0 saturated carbocycles. The first-order chi connectivity index (χ1) is 11.1. The Morgan fingerprint density at radius 3 is 2.91 bits per heavy atom. The average Bonchev–Trinajstić information content (AvgIpc) is 2.55. The summed E-state index contributed by atoms with van der Waals surface area (Å²) in [4.78, 5) is 16.5. The van der Waals surface area contributed by atoms with Gasteiger partial charge >= 0.3 is 0 Å². The van der Waals surface area contributed by atoms with Crippen LogP contribution < -0.4 is 10.6 Å². The molecular weight excluding hydrogens is 314 g/mol. The minimum absolute atomic E-state index is 0.219. The van der Waals surface area contributed by atoms with Gasteiger partial charge in [-0.15, -0.1) is 0 Å². The molecule has 0 radical (unpaired) electrons. The van der Waals surface area contributed by atoms with Gasteiger partial charge in [-0.3, -0.25) is 9.78 Å². The highest BCUT2D eigenvalue weighted by Gasteiger charge is 2.09. The molecule has 122 valence electrons. The maximum absolute atomic E-state index is 12.4. The fourth-order valence-corrected chi connectivity index (χ4v) is 2.21. The first kappa shape index (κ1) is 17.2. The third-order valence-corrected chi connectivity index (χ3v) is 3.54. The van der Waals surface area contributed by atoms with Gasteiger partial charge in [-0.2, -0.15) is 0 Å². The van der Waals surface area contributed by atoms with E-state index < -0.39 is 0 Å². The van der Waals surface area contributed by atoms with E-state index in [0.29, 0.717) is 22.9 Å². The molecule has 0 aliphatic heterocycles. The van der Waals surface area contributed by atoms with Gasteiger partial charge in [0.1, 0.15) is 0 Å². The molecule has 0 bridgehead atoms. The molecule has 1 aromatic heterocycles. The lowest BCUT2D eigenvalue weighted by atomic mass is 10.2. The number of anilines is 2. The number of nitrogens with zero attached hydrogens (tertiary/aromatic N) is 1. The van der Waals surface area contributed by atoms with E-state index in [1.807, 2.05) is 13.0 Å². The molecule has 1 aromatic carbocycles. The van der Waals surface area contributed by atoms with Crippen molar-refractivity contribution in [2.24, 2.45) is 0 Å². The number of rotatable bonds is 7. The minimum atomic E-state index is -0.219. The van der Waals surface area contributed by atoms with Crippen molar-refractivity contribution in [1.29, 1.82) is 0 Å². The molecule has 0 spiro atoms. The van der Waals surface area contributed by atoms with Gasteiger partial charge in [-0.25, -0.2) is 0 Å². The van der Waals surface area contributed by atoms with Crippen LogP contribution in [-0.2, 0) is 4.74 Å². The van der Waals surface area contributed by atoms with E-state index in [9.17, 15) is 4.79 Å². The summed E-state index contributed by atoms with van der Waals surface area (Å²) >= 11 is 5.97. The number of halogens is 1. The summed E-state index contributed by atoms with van der Waals surface area (Å²) in [5.74, 6) is -0.219. The second-order valence-electron chi connectivity index (χ2n) is 5.15. The average molecular weight is 334 g/mol. The van der Waals surface area contributed by atoms with E-state index >= 15 is 0 Å². The van der Waals surface area contributed by atoms with Crippen LogP contribution in [0.4, 0.5) is 11.4 Å². The molecule has 1 amide bonds. The normalized spacial score (nSPS) is 10.4. The number of carbonyl (C=O) groups is 1. The Morgan fingerprint density at radius 1 is 1.30 bits per heavy atom. The standard InChI is InChI=1S/C17H20ClN3O2/c1-12-4-5-14(18)9-16(12)21-17(22)13-8-15(11-19-10-13)20-6-3-7-23-2/h4-5,8-11,20H,3,6-7H2,1-2H3,(H,21,22). The third kappa shape index (κ3) is 5.23. The third-order valence-electron chi connectivity index (χ3n) is 3.30. The monoisotopic (exact) mass is 333 g/mol. The molecule has 2 aromatic rings. The molecular formula is C17H20ClN3O2. The minimum Gasteiger partial charge on any atom is -0.385 e. The number of hydrogen-bond acceptors (Lipinski definition) is 4. The molecule has 5 nitrogen and oxygen atoms in total. The molecule has 23 heavy (non-hydrogen) atoms. The Balaban J connectivity index is 2.03. The fraction of sp³-hybridized carbons (Fsp3) is 0.294. The Morgan fingerprint density at radius 2 is 2.13 bits per heavy atom. The lowest BCUT2D eigenvalue weighted by Gasteiger charge is -2.10. The van der Waals surface area contributed by atoms with Crippen LogP contribution >= 0.6 is 11.6 Å². The zero-order chi connectivity index (χ0) is 16.7. The summed E-state index contributed by atoms with van der Waals surface area (Å²) in [6.07, 6.45) is 4.11. The Hall–Kier alpha value is -2.11. The topological polar surface area (TPSA) is 63.2 Å². The maximum atomic E-state index is 12.4. The van der Waals surface area contributed by atoms with Crippen molar-refractivity contribution in [3.63, 3.8) is 0 Å². The predicted octanol–water partition coefficient (Wildman–Crippen LogP) is 3.74. The summed E-state index contributed by atoms with van der Waals surface area (Å²) in [6, 6.07) is 7.16. The van der Waals surface area contributed by atoms with E-state index in [0.717, 1.165) is 24.2 Å². The number of ether oxygens (including phenoxy) is 1. The Bertz CT molecular complexity index is 677. The summed E-state index contributed by atoms with van der Waals surface area (Å²) in [5.41, 5.74) is 2.93. The van der Waals surface area contributed by atoms with E-state index in [-0.39, 0.29) is 5.91 Å². The van der Waals surface area contributed by atoms with Gasteiger partial charge in [0.2, 0.25) is 0 Å². The maximum Gasteiger partial charge on any atom is 0.257 e. The zero-order valence-electron chi connectivity index (χ0n) is 13.2. The molecule has 0 atom stereocenters. The first-order valence-electron chi connectivity index (χ1n) is 7.35. The number of hydrogen-bond donors (Lipinski definition) is 2. The van der Waals surface area contributed by atoms with E-state index in [2.05, 4.69) is 15.6 Å². The van der Waals surface area contributed by atoms with Gasteiger partial charge < -0.3 is 15.4 Å². The zero-order valence-corrected chi connectivity index (χ0v) is 14.0. The van der Waals surface area contributed by atoms with E-state index in [1.54, 1.807) is 31.5 Å². The summed E-state index contributed by atoms with van der Waals surface area (Å²) in [6.45, 7) is 3.36. The first-order valence-corrected chi connectivity index (χ1v) is 7.73. The van der Waals surface area contributed by atoms with Gasteiger partial charge in [0, 0.05) is 43.4 Å². The van der Waals surface area contributed by atoms with Gasteiger partial charge in [-0.1, -0.05) is 17.7 Å². The van der Waals surface area contributed by atoms with Crippen LogP contribution in [0, 0.1) is 6.92 Å². The molecule has 0 saturated heterocycles. The largest absolute Gasteiger partial charge is 0.385 e. The van der Waals surface area contributed by atoms with Crippen molar-refractivity contribution in [2.75, 3.05) is 30.9 Å². The van der Waals surface area contributed by atoms with E-state index in [1.165, 1.54) is 6.20 Å².